The molecule has 0 atom stereocenters. The molecular formula is C20H22Cl2N4. The van der Waals surface area contributed by atoms with Gasteiger partial charge in [-0.25, -0.2) is 0 Å². The average molecular weight is 389 g/mol. The number of piperidine rings is 1. The average Bonchev–Trinajstić information content (AvgIpc) is 2.65. The number of likely N-dealkylation sites (tertiary alicyclic amines) is 1. The van der Waals surface area contributed by atoms with Gasteiger partial charge in [0.2, 0.25) is 0 Å². The zero-order valence-corrected chi connectivity index (χ0v) is 16.3. The summed E-state index contributed by atoms with van der Waals surface area (Å²) in [5.41, 5.74) is 3.40. The van der Waals surface area contributed by atoms with Crippen LogP contribution in [0.4, 0.5) is 5.69 Å². The molecular weight excluding hydrogens is 367 g/mol. The van der Waals surface area contributed by atoms with E-state index in [-0.39, 0.29) is 5.41 Å². The molecule has 2 aliphatic heterocycles. The number of hydrogen-bond donors (Lipinski definition) is 1. The van der Waals surface area contributed by atoms with E-state index in [4.69, 9.17) is 28.2 Å². The van der Waals surface area contributed by atoms with Gasteiger partial charge in [-0.2, -0.15) is 0 Å². The number of aromatic nitrogens is 1. The van der Waals surface area contributed by atoms with Crippen LogP contribution in [0, 0.1) is 5.41 Å². The van der Waals surface area contributed by atoms with Gasteiger partial charge in [0.25, 0.3) is 0 Å². The Balaban J connectivity index is 1.70. The fourth-order valence-electron chi connectivity index (χ4n) is 3.89. The van der Waals surface area contributed by atoms with E-state index in [9.17, 15) is 0 Å². The number of anilines is 1. The number of aliphatic imine (C=N–C) groups is 1. The minimum Gasteiger partial charge on any atom is -0.343 e. The van der Waals surface area contributed by atoms with E-state index in [1.165, 1.54) is 5.56 Å². The van der Waals surface area contributed by atoms with Gasteiger partial charge in [0, 0.05) is 23.5 Å². The molecule has 1 fully saturated rings. The van der Waals surface area contributed by atoms with Crippen molar-refractivity contribution in [3.8, 4) is 0 Å². The van der Waals surface area contributed by atoms with Crippen molar-refractivity contribution in [1.29, 1.82) is 0 Å². The van der Waals surface area contributed by atoms with E-state index in [0.717, 1.165) is 49.4 Å². The Bertz CT molecular complexity index is 827. The monoisotopic (exact) mass is 388 g/mol. The fourth-order valence-corrected chi connectivity index (χ4v) is 4.24. The van der Waals surface area contributed by atoms with Crippen LogP contribution < -0.4 is 5.32 Å². The molecule has 136 valence electrons. The lowest BCUT2D eigenvalue weighted by atomic mass is 9.70. The molecule has 0 radical (unpaired) electrons. The Morgan fingerprint density at radius 2 is 2.00 bits per heavy atom. The summed E-state index contributed by atoms with van der Waals surface area (Å²) in [5, 5.41) is 4.77. The smallest absolute Gasteiger partial charge is 0.108 e. The summed E-state index contributed by atoms with van der Waals surface area (Å²) in [4.78, 5) is 11.6. The standard InChI is InChI=1S/C20H22Cl2N4/c1-26-7-4-20(5-8-26)11-15-9-16(21)17(22)10-18(15)25-19(20)24-13-14-3-2-6-23-12-14/h2-3,6,9-10,12H,4-5,7-8,11,13H2,1H3,(H,24,25). The molecule has 0 saturated carbocycles. The van der Waals surface area contributed by atoms with Crippen LogP contribution in [-0.2, 0) is 13.0 Å². The first kappa shape index (κ1) is 17.8. The maximum Gasteiger partial charge on any atom is 0.108 e. The molecule has 0 aliphatic carbocycles. The van der Waals surface area contributed by atoms with Crippen molar-refractivity contribution in [2.75, 3.05) is 25.5 Å². The van der Waals surface area contributed by atoms with Crippen LogP contribution in [0.2, 0.25) is 10.0 Å². The molecule has 6 heteroatoms. The molecule has 1 aromatic carbocycles. The Morgan fingerprint density at radius 1 is 1.23 bits per heavy atom. The predicted octanol–water partition coefficient (Wildman–Crippen LogP) is 4.67. The van der Waals surface area contributed by atoms with E-state index < -0.39 is 0 Å². The van der Waals surface area contributed by atoms with Crippen molar-refractivity contribution >= 4 is 34.7 Å². The van der Waals surface area contributed by atoms with Crippen molar-refractivity contribution in [1.82, 2.24) is 9.88 Å². The predicted molar refractivity (Wildman–Crippen MR) is 108 cm³/mol. The summed E-state index contributed by atoms with van der Waals surface area (Å²) < 4.78 is 0. The van der Waals surface area contributed by atoms with Crippen LogP contribution in [-0.4, -0.2) is 35.9 Å². The molecule has 26 heavy (non-hydrogen) atoms. The quantitative estimate of drug-likeness (QED) is 0.812. The van der Waals surface area contributed by atoms with Gasteiger partial charge < -0.3 is 10.2 Å². The molecule has 1 saturated heterocycles. The highest BCUT2D eigenvalue weighted by Gasteiger charge is 2.42. The zero-order valence-electron chi connectivity index (χ0n) is 14.8. The third kappa shape index (κ3) is 3.46. The maximum absolute atomic E-state index is 6.27. The molecule has 1 spiro atoms. The number of amidine groups is 1. The minimum absolute atomic E-state index is 0.0406. The first-order chi connectivity index (χ1) is 12.6. The van der Waals surface area contributed by atoms with Gasteiger partial charge in [0.05, 0.1) is 16.6 Å². The number of hydrogen-bond acceptors (Lipinski definition) is 3. The second-order valence-corrected chi connectivity index (χ2v) is 8.15. The Kier molecular flexibility index (Phi) is 4.91. The summed E-state index contributed by atoms with van der Waals surface area (Å²) in [6, 6.07) is 7.93. The summed E-state index contributed by atoms with van der Waals surface area (Å²) in [7, 11) is 2.18. The number of pyridine rings is 1. The third-order valence-corrected chi connectivity index (χ3v) is 6.24. The van der Waals surface area contributed by atoms with Crippen molar-refractivity contribution in [3.63, 3.8) is 0 Å². The van der Waals surface area contributed by atoms with Gasteiger partial charge in [-0.1, -0.05) is 29.3 Å². The number of halogens is 2. The van der Waals surface area contributed by atoms with Gasteiger partial charge in [0.1, 0.15) is 5.84 Å². The van der Waals surface area contributed by atoms with Crippen LogP contribution in [0.25, 0.3) is 0 Å². The highest BCUT2D eigenvalue weighted by atomic mass is 35.5. The second kappa shape index (κ2) is 7.18. The Hall–Kier alpha value is -1.62. The molecule has 2 aliphatic rings. The number of benzene rings is 1. The highest BCUT2D eigenvalue weighted by Crippen LogP contribution is 2.44. The lowest BCUT2D eigenvalue weighted by Crippen LogP contribution is -2.49. The topological polar surface area (TPSA) is 40.5 Å². The molecule has 1 aromatic heterocycles. The molecule has 0 amide bonds. The van der Waals surface area contributed by atoms with E-state index >= 15 is 0 Å². The van der Waals surface area contributed by atoms with Crippen LogP contribution >= 0.6 is 23.2 Å². The molecule has 0 bridgehead atoms. The van der Waals surface area contributed by atoms with Gasteiger partial charge in [-0.05, 0) is 68.7 Å². The highest BCUT2D eigenvalue weighted by molar-refractivity contribution is 6.42. The first-order valence-electron chi connectivity index (χ1n) is 8.93. The van der Waals surface area contributed by atoms with E-state index in [2.05, 4.69) is 28.3 Å². The fraction of sp³-hybridized carbons (Fsp3) is 0.400. The first-order valence-corrected chi connectivity index (χ1v) is 9.69. The lowest BCUT2D eigenvalue weighted by molar-refractivity contribution is 0.178. The normalized spacial score (nSPS) is 20.8. The number of nitrogens with zero attached hydrogens (tertiary/aromatic N) is 3. The van der Waals surface area contributed by atoms with E-state index in [0.29, 0.717) is 16.6 Å². The minimum atomic E-state index is 0.0406. The molecule has 1 N–H and O–H groups in total. The summed E-state index contributed by atoms with van der Waals surface area (Å²) in [5.74, 6) is 1.07. The molecule has 2 aromatic rings. The number of nitrogens with one attached hydrogen (secondary N) is 1. The van der Waals surface area contributed by atoms with Gasteiger partial charge >= 0.3 is 0 Å². The van der Waals surface area contributed by atoms with E-state index in [1.807, 2.05) is 24.4 Å². The number of rotatable bonds is 2. The Labute approximate surface area is 164 Å². The Morgan fingerprint density at radius 3 is 2.73 bits per heavy atom. The summed E-state index contributed by atoms with van der Waals surface area (Å²) in [6.45, 7) is 2.78. The summed E-state index contributed by atoms with van der Waals surface area (Å²) in [6.07, 6.45) is 6.78. The van der Waals surface area contributed by atoms with E-state index in [1.54, 1.807) is 6.20 Å². The maximum atomic E-state index is 6.27. The lowest BCUT2D eigenvalue weighted by Gasteiger charge is -2.45. The van der Waals surface area contributed by atoms with Crippen molar-refractivity contribution in [2.24, 2.45) is 10.4 Å². The largest absolute Gasteiger partial charge is 0.343 e. The van der Waals surface area contributed by atoms with Crippen LogP contribution in [0.3, 0.4) is 0 Å². The van der Waals surface area contributed by atoms with Gasteiger partial charge in [0.15, 0.2) is 0 Å². The summed E-state index contributed by atoms with van der Waals surface area (Å²) >= 11 is 12.5. The van der Waals surface area contributed by atoms with Crippen LogP contribution in [0.5, 0.6) is 0 Å². The van der Waals surface area contributed by atoms with Crippen molar-refractivity contribution in [3.05, 3.63) is 57.8 Å². The van der Waals surface area contributed by atoms with Gasteiger partial charge in [-0.15, -0.1) is 0 Å². The van der Waals surface area contributed by atoms with Crippen LogP contribution in [0.1, 0.15) is 24.0 Å². The molecule has 0 unspecified atom stereocenters. The zero-order chi connectivity index (χ0) is 18.1. The number of fused-ring (bicyclic) bond motifs is 1. The third-order valence-electron chi connectivity index (χ3n) is 5.52. The molecule has 4 rings (SSSR count). The molecule has 3 heterocycles. The van der Waals surface area contributed by atoms with Gasteiger partial charge in [-0.3, -0.25) is 9.98 Å². The second-order valence-electron chi connectivity index (χ2n) is 7.33. The van der Waals surface area contributed by atoms with Crippen molar-refractivity contribution < 1.29 is 0 Å². The SMILES string of the molecule is CN1CCC2(CC1)Cc1cc(Cl)c(Cl)cc1NC2=NCc1cccnc1. The van der Waals surface area contributed by atoms with Crippen molar-refractivity contribution in [2.45, 2.75) is 25.8 Å². The van der Waals surface area contributed by atoms with Crippen LogP contribution in [0.15, 0.2) is 41.7 Å². The molecule has 4 nitrogen and oxygen atoms in total.